The summed E-state index contributed by atoms with van der Waals surface area (Å²) in [4.78, 5) is 4.09. The van der Waals surface area contributed by atoms with Crippen molar-refractivity contribution in [2.24, 2.45) is 0 Å². The highest BCUT2D eigenvalue weighted by molar-refractivity contribution is 5.47. The van der Waals surface area contributed by atoms with Gasteiger partial charge in [-0.3, -0.25) is 0 Å². The first-order valence-electron chi connectivity index (χ1n) is 5.81. The molecule has 0 aliphatic carbocycles. The molecule has 1 N–H and O–H groups in total. The molecule has 0 amide bonds. The lowest BCUT2D eigenvalue weighted by molar-refractivity contribution is -0.139. The van der Waals surface area contributed by atoms with E-state index in [1.807, 2.05) is 0 Å². The van der Waals surface area contributed by atoms with E-state index in [1.54, 1.807) is 13.8 Å². The summed E-state index contributed by atoms with van der Waals surface area (Å²) in [6.45, 7) is 3.63. The number of halogens is 4. The maximum Gasteiger partial charge on any atom is 0.419 e. The highest BCUT2D eigenvalue weighted by Crippen LogP contribution is 2.33. The van der Waals surface area contributed by atoms with Crippen LogP contribution in [-0.2, 0) is 12.7 Å². The van der Waals surface area contributed by atoms with E-state index in [9.17, 15) is 17.6 Å². The number of alkyl halides is 3. The molecule has 0 atom stereocenters. The molecule has 0 aliphatic heterocycles. The normalized spacial score (nSPS) is 11.7. The van der Waals surface area contributed by atoms with Gasteiger partial charge in [0.25, 0.3) is 0 Å². The van der Waals surface area contributed by atoms with Crippen LogP contribution in [0.4, 0.5) is 23.2 Å². The van der Waals surface area contributed by atoms with E-state index in [-0.39, 0.29) is 12.2 Å². The zero-order chi connectivity index (χ0) is 14.9. The number of hydrogen-bond donors (Lipinski definition) is 1. The first-order valence-corrected chi connectivity index (χ1v) is 5.81. The monoisotopic (exact) mass is 288 g/mol. The topological polar surface area (TPSA) is 38.1 Å². The number of anilines is 1. The lowest BCUT2D eigenvalue weighted by Gasteiger charge is -2.10. The van der Waals surface area contributed by atoms with Gasteiger partial charge in [0.1, 0.15) is 11.6 Å². The average molecular weight is 288 g/mol. The molecule has 1 aromatic carbocycles. The van der Waals surface area contributed by atoms with Crippen molar-refractivity contribution in [1.29, 1.82) is 0 Å². The SMILES string of the molecule is Cc1nc(CNc2ccc(F)c(C(F)(F)F)c2)oc1C. The molecule has 1 heterocycles. The van der Waals surface area contributed by atoms with Gasteiger partial charge in [0, 0.05) is 5.69 Å². The highest BCUT2D eigenvalue weighted by Gasteiger charge is 2.34. The minimum absolute atomic E-state index is 0.123. The number of nitrogens with one attached hydrogen (secondary N) is 1. The van der Waals surface area contributed by atoms with E-state index >= 15 is 0 Å². The summed E-state index contributed by atoms with van der Waals surface area (Å²) in [6.07, 6.45) is -4.72. The zero-order valence-corrected chi connectivity index (χ0v) is 10.8. The van der Waals surface area contributed by atoms with Gasteiger partial charge in [-0.15, -0.1) is 0 Å². The van der Waals surface area contributed by atoms with Crippen molar-refractivity contribution in [3.8, 4) is 0 Å². The van der Waals surface area contributed by atoms with Gasteiger partial charge in [-0.2, -0.15) is 13.2 Å². The number of aryl methyl sites for hydroxylation is 2. The van der Waals surface area contributed by atoms with Crippen LogP contribution in [0.25, 0.3) is 0 Å². The highest BCUT2D eigenvalue weighted by atomic mass is 19.4. The molecule has 0 bridgehead atoms. The summed E-state index contributed by atoms with van der Waals surface area (Å²) in [5, 5.41) is 2.72. The molecule has 0 unspecified atom stereocenters. The molecule has 2 aromatic rings. The molecule has 7 heteroatoms. The van der Waals surface area contributed by atoms with Crippen LogP contribution in [0.5, 0.6) is 0 Å². The molecule has 108 valence electrons. The minimum atomic E-state index is -4.72. The second-order valence-electron chi connectivity index (χ2n) is 4.30. The Morgan fingerprint density at radius 3 is 2.50 bits per heavy atom. The number of rotatable bonds is 3. The Kier molecular flexibility index (Phi) is 3.69. The zero-order valence-electron chi connectivity index (χ0n) is 10.8. The number of aromatic nitrogens is 1. The first-order chi connectivity index (χ1) is 9.27. The molecular formula is C13H12F4N2O. The molecule has 1 aromatic heterocycles. The Labute approximate surface area is 112 Å². The van der Waals surface area contributed by atoms with Crippen molar-refractivity contribution in [1.82, 2.24) is 4.98 Å². The van der Waals surface area contributed by atoms with Crippen LogP contribution in [0.2, 0.25) is 0 Å². The van der Waals surface area contributed by atoms with Crippen LogP contribution in [0, 0.1) is 19.7 Å². The Balaban J connectivity index is 2.14. The van der Waals surface area contributed by atoms with Gasteiger partial charge < -0.3 is 9.73 Å². The van der Waals surface area contributed by atoms with Crippen molar-refractivity contribution in [2.45, 2.75) is 26.6 Å². The molecule has 0 aliphatic rings. The fourth-order valence-electron chi connectivity index (χ4n) is 1.64. The predicted octanol–water partition coefficient (Wildman–Crippen LogP) is 4.06. The van der Waals surface area contributed by atoms with Crippen LogP contribution >= 0.6 is 0 Å². The van der Waals surface area contributed by atoms with Crippen LogP contribution in [0.3, 0.4) is 0 Å². The van der Waals surface area contributed by atoms with Gasteiger partial charge in [0.15, 0.2) is 0 Å². The average Bonchev–Trinajstić information content (AvgIpc) is 2.66. The molecule has 2 rings (SSSR count). The molecule has 0 saturated heterocycles. The van der Waals surface area contributed by atoms with E-state index in [0.29, 0.717) is 11.7 Å². The molecule has 0 saturated carbocycles. The summed E-state index contributed by atoms with van der Waals surface area (Å²) in [6, 6.07) is 2.72. The van der Waals surface area contributed by atoms with Gasteiger partial charge >= 0.3 is 6.18 Å². The molecule has 0 fully saturated rings. The fraction of sp³-hybridized carbons (Fsp3) is 0.308. The van der Waals surface area contributed by atoms with Crippen LogP contribution in [-0.4, -0.2) is 4.98 Å². The van der Waals surface area contributed by atoms with Gasteiger partial charge in [-0.25, -0.2) is 9.37 Å². The second kappa shape index (κ2) is 5.15. The van der Waals surface area contributed by atoms with Crippen molar-refractivity contribution < 1.29 is 22.0 Å². The Bertz CT molecular complexity index is 600. The lowest BCUT2D eigenvalue weighted by Crippen LogP contribution is -2.09. The van der Waals surface area contributed by atoms with Crippen LogP contribution < -0.4 is 5.32 Å². The summed E-state index contributed by atoms with van der Waals surface area (Å²) in [5.74, 6) is -0.291. The van der Waals surface area contributed by atoms with E-state index in [0.717, 1.165) is 17.8 Å². The van der Waals surface area contributed by atoms with Crippen molar-refractivity contribution in [2.75, 3.05) is 5.32 Å². The predicted molar refractivity (Wildman–Crippen MR) is 64.7 cm³/mol. The van der Waals surface area contributed by atoms with E-state index < -0.39 is 17.6 Å². The number of hydrogen-bond acceptors (Lipinski definition) is 3. The maximum atomic E-state index is 13.1. The quantitative estimate of drug-likeness (QED) is 0.865. The smallest absolute Gasteiger partial charge is 0.419 e. The van der Waals surface area contributed by atoms with Crippen LogP contribution in [0.1, 0.15) is 22.9 Å². The number of oxazole rings is 1. The summed E-state index contributed by atoms with van der Waals surface area (Å²) >= 11 is 0. The van der Waals surface area contributed by atoms with E-state index in [2.05, 4.69) is 10.3 Å². The van der Waals surface area contributed by atoms with E-state index in [4.69, 9.17) is 4.42 Å². The summed E-state index contributed by atoms with van der Waals surface area (Å²) in [5.41, 5.74) is -0.439. The Morgan fingerprint density at radius 1 is 1.25 bits per heavy atom. The lowest BCUT2D eigenvalue weighted by atomic mass is 10.2. The van der Waals surface area contributed by atoms with Crippen molar-refractivity contribution in [3.05, 3.63) is 46.9 Å². The number of benzene rings is 1. The first kappa shape index (κ1) is 14.4. The Morgan fingerprint density at radius 2 is 1.95 bits per heavy atom. The number of nitrogens with zero attached hydrogens (tertiary/aromatic N) is 1. The second-order valence-corrected chi connectivity index (χ2v) is 4.30. The van der Waals surface area contributed by atoms with Crippen molar-refractivity contribution >= 4 is 5.69 Å². The third kappa shape index (κ3) is 3.09. The van der Waals surface area contributed by atoms with Crippen molar-refractivity contribution in [3.63, 3.8) is 0 Å². The molecule has 0 spiro atoms. The summed E-state index contributed by atoms with van der Waals surface area (Å²) in [7, 11) is 0. The van der Waals surface area contributed by atoms with Gasteiger partial charge in [-0.05, 0) is 32.0 Å². The standard InChI is InChI=1S/C13H12F4N2O/c1-7-8(2)20-12(19-7)6-18-9-3-4-11(14)10(5-9)13(15,16)17/h3-5,18H,6H2,1-2H3. The fourth-order valence-corrected chi connectivity index (χ4v) is 1.64. The third-order valence-corrected chi connectivity index (χ3v) is 2.79. The van der Waals surface area contributed by atoms with Crippen LogP contribution in [0.15, 0.2) is 22.6 Å². The Hall–Kier alpha value is -2.05. The largest absolute Gasteiger partial charge is 0.444 e. The minimum Gasteiger partial charge on any atom is -0.444 e. The molecular weight excluding hydrogens is 276 g/mol. The van der Waals surface area contributed by atoms with E-state index in [1.165, 1.54) is 6.07 Å². The maximum absolute atomic E-state index is 13.1. The van der Waals surface area contributed by atoms with Gasteiger partial charge in [-0.1, -0.05) is 0 Å². The molecule has 20 heavy (non-hydrogen) atoms. The summed E-state index contributed by atoms with van der Waals surface area (Å²) < 4.78 is 56.0. The van der Waals surface area contributed by atoms with Gasteiger partial charge in [0.2, 0.25) is 5.89 Å². The van der Waals surface area contributed by atoms with Gasteiger partial charge in [0.05, 0.1) is 17.8 Å². The third-order valence-electron chi connectivity index (χ3n) is 2.79. The molecule has 3 nitrogen and oxygen atoms in total. The molecule has 0 radical (unpaired) electrons.